The van der Waals surface area contributed by atoms with Crippen molar-refractivity contribution >= 4 is 5.69 Å². The smallest absolute Gasteiger partial charge is 0.151 e. The Kier molecular flexibility index (Phi) is 7.22. The number of aromatic nitrogens is 1. The Bertz CT molecular complexity index is 1030. The molecule has 5 nitrogen and oxygen atoms in total. The molecule has 0 saturated carbocycles. The number of halogens is 1. The van der Waals surface area contributed by atoms with E-state index in [1.165, 1.54) is 22.9 Å². The highest BCUT2D eigenvalue weighted by molar-refractivity contribution is 5.59. The lowest BCUT2D eigenvalue weighted by Gasteiger charge is -2.37. The minimum Gasteiger partial charge on any atom is -0.369 e. The van der Waals surface area contributed by atoms with Crippen LogP contribution >= 0.6 is 0 Å². The minimum absolute atomic E-state index is 0.279. The van der Waals surface area contributed by atoms with E-state index in [2.05, 4.69) is 59.0 Å². The van der Waals surface area contributed by atoms with E-state index in [4.69, 9.17) is 4.52 Å². The van der Waals surface area contributed by atoms with E-state index < -0.39 is 0 Å². The Balaban J connectivity index is 1.19. The molecule has 3 aromatic rings. The van der Waals surface area contributed by atoms with Gasteiger partial charge in [0, 0.05) is 43.5 Å². The number of nitrogens with zero attached hydrogens (tertiary/aromatic N) is 4. The van der Waals surface area contributed by atoms with Crippen molar-refractivity contribution < 1.29 is 8.91 Å². The summed E-state index contributed by atoms with van der Waals surface area (Å²) in [6.45, 7) is 11.5. The lowest BCUT2D eigenvalue weighted by molar-refractivity contribution is 0.223. The van der Waals surface area contributed by atoms with Gasteiger partial charge in [-0.1, -0.05) is 35.0 Å². The Hall–Kier alpha value is -2.70. The topological polar surface area (TPSA) is 35.8 Å². The summed E-state index contributed by atoms with van der Waals surface area (Å²) in [4.78, 5) is 7.30. The first kappa shape index (κ1) is 22.5. The average Bonchev–Trinajstić information content (AvgIpc) is 3.23. The van der Waals surface area contributed by atoms with E-state index in [9.17, 15) is 4.39 Å². The van der Waals surface area contributed by atoms with Gasteiger partial charge in [-0.2, -0.15) is 0 Å². The molecule has 1 aliphatic heterocycles. The van der Waals surface area contributed by atoms with E-state index >= 15 is 0 Å². The van der Waals surface area contributed by atoms with Gasteiger partial charge in [0.2, 0.25) is 0 Å². The molecule has 0 aliphatic carbocycles. The fourth-order valence-electron chi connectivity index (χ4n) is 4.47. The standard InChI is InChI=1S/C26H33FN4O/c1-20-9-10-26(21(2)17-20)31-15-13-30(14-16-31)12-6-11-29(3)19-22-18-25(28-32-22)23-7-4-5-8-24(23)27/h4-5,7-10,17-18H,6,11-16,19H2,1-3H3. The summed E-state index contributed by atoms with van der Waals surface area (Å²) in [5, 5.41) is 4.04. The summed E-state index contributed by atoms with van der Waals surface area (Å²) in [5.41, 5.74) is 5.09. The van der Waals surface area contributed by atoms with Crippen molar-refractivity contribution in [3.8, 4) is 11.3 Å². The maximum atomic E-state index is 13.9. The third-order valence-corrected chi connectivity index (χ3v) is 6.21. The molecule has 0 bridgehead atoms. The number of hydrogen-bond donors (Lipinski definition) is 0. The molecule has 0 N–H and O–H groups in total. The normalized spacial score (nSPS) is 15.0. The van der Waals surface area contributed by atoms with Crippen molar-refractivity contribution in [1.29, 1.82) is 0 Å². The molecule has 1 aromatic heterocycles. The van der Waals surface area contributed by atoms with Gasteiger partial charge >= 0.3 is 0 Å². The molecule has 0 radical (unpaired) electrons. The second-order valence-electron chi connectivity index (χ2n) is 8.87. The maximum absolute atomic E-state index is 13.9. The second kappa shape index (κ2) is 10.3. The quantitative estimate of drug-likeness (QED) is 0.510. The molecule has 1 fully saturated rings. The highest BCUT2D eigenvalue weighted by Gasteiger charge is 2.18. The van der Waals surface area contributed by atoms with E-state index in [0.29, 0.717) is 17.8 Å². The molecule has 0 amide bonds. The van der Waals surface area contributed by atoms with Crippen LogP contribution in [0.25, 0.3) is 11.3 Å². The summed E-state index contributed by atoms with van der Waals surface area (Å²) >= 11 is 0. The van der Waals surface area contributed by atoms with Crippen molar-refractivity contribution in [1.82, 2.24) is 15.0 Å². The van der Waals surface area contributed by atoms with Crippen LogP contribution in [0.2, 0.25) is 0 Å². The monoisotopic (exact) mass is 436 g/mol. The highest BCUT2D eigenvalue weighted by atomic mass is 19.1. The minimum atomic E-state index is -0.279. The zero-order valence-corrected chi connectivity index (χ0v) is 19.4. The molecule has 32 heavy (non-hydrogen) atoms. The van der Waals surface area contributed by atoms with Crippen molar-refractivity contribution in [2.75, 3.05) is 51.2 Å². The fourth-order valence-corrected chi connectivity index (χ4v) is 4.47. The van der Waals surface area contributed by atoms with Gasteiger partial charge < -0.3 is 9.42 Å². The van der Waals surface area contributed by atoms with E-state index in [-0.39, 0.29) is 5.82 Å². The third kappa shape index (κ3) is 5.56. The van der Waals surface area contributed by atoms with Crippen LogP contribution in [-0.4, -0.2) is 61.3 Å². The highest BCUT2D eigenvalue weighted by Crippen LogP contribution is 2.23. The van der Waals surface area contributed by atoms with Crippen LogP contribution in [0.3, 0.4) is 0 Å². The zero-order chi connectivity index (χ0) is 22.5. The van der Waals surface area contributed by atoms with Crippen molar-refractivity contribution in [3.63, 3.8) is 0 Å². The molecule has 1 saturated heterocycles. The number of piperazine rings is 1. The van der Waals surface area contributed by atoms with Gasteiger partial charge in [0.1, 0.15) is 11.5 Å². The Labute approximate surface area is 190 Å². The van der Waals surface area contributed by atoms with Crippen LogP contribution in [0.5, 0.6) is 0 Å². The lowest BCUT2D eigenvalue weighted by atomic mass is 10.1. The average molecular weight is 437 g/mol. The van der Waals surface area contributed by atoms with Gasteiger partial charge in [-0.15, -0.1) is 0 Å². The molecule has 0 atom stereocenters. The summed E-state index contributed by atoms with van der Waals surface area (Å²) in [7, 11) is 2.09. The summed E-state index contributed by atoms with van der Waals surface area (Å²) < 4.78 is 19.4. The zero-order valence-electron chi connectivity index (χ0n) is 19.4. The molecule has 4 rings (SSSR count). The van der Waals surface area contributed by atoms with Gasteiger partial charge in [-0.25, -0.2) is 4.39 Å². The largest absolute Gasteiger partial charge is 0.369 e. The molecule has 2 heterocycles. The van der Waals surface area contributed by atoms with Crippen molar-refractivity contribution in [2.45, 2.75) is 26.8 Å². The first-order valence-corrected chi connectivity index (χ1v) is 11.4. The molecule has 0 spiro atoms. The van der Waals surface area contributed by atoms with Crippen LogP contribution in [-0.2, 0) is 6.54 Å². The van der Waals surface area contributed by atoms with Crippen LogP contribution in [0.15, 0.2) is 53.1 Å². The lowest BCUT2D eigenvalue weighted by Crippen LogP contribution is -2.47. The third-order valence-electron chi connectivity index (χ3n) is 6.21. The van der Waals surface area contributed by atoms with E-state index in [0.717, 1.165) is 51.4 Å². The number of benzene rings is 2. The molecule has 0 unspecified atom stereocenters. The number of anilines is 1. The Morgan fingerprint density at radius 1 is 1.03 bits per heavy atom. The van der Waals surface area contributed by atoms with Crippen molar-refractivity contribution in [3.05, 3.63) is 71.2 Å². The van der Waals surface area contributed by atoms with Gasteiger partial charge in [0.25, 0.3) is 0 Å². The Morgan fingerprint density at radius 3 is 2.56 bits per heavy atom. The van der Waals surface area contributed by atoms with Crippen LogP contribution < -0.4 is 4.90 Å². The summed E-state index contributed by atoms with van der Waals surface area (Å²) in [5.74, 6) is 0.478. The molecular formula is C26H33FN4O. The number of aryl methyl sites for hydroxylation is 2. The van der Waals surface area contributed by atoms with Crippen LogP contribution in [0, 0.1) is 19.7 Å². The van der Waals surface area contributed by atoms with Crippen LogP contribution in [0.1, 0.15) is 23.3 Å². The number of rotatable bonds is 8. The van der Waals surface area contributed by atoms with Crippen molar-refractivity contribution in [2.24, 2.45) is 0 Å². The van der Waals surface area contributed by atoms with E-state index in [1.54, 1.807) is 18.2 Å². The van der Waals surface area contributed by atoms with Gasteiger partial charge in [-0.3, -0.25) is 9.80 Å². The number of hydrogen-bond acceptors (Lipinski definition) is 5. The first-order valence-electron chi connectivity index (χ1n) is 11.4. The second-order valence-corrected chi connectivity index (χ2v) is 8.87. The molecule has 170 valence electrons. The maximum Gasteiger partial charge on any atom is 0.151 e. The van der Waals surface area contributed by atoms with Gasteiger partial charge in [0.05, 0.1) is 6.54 Å². The van der Waals surface area contributed by atoms with E-state index in [1.807, 2.05) is 6.07 Å². The molecule has 2 aromatic carbocycles. The molecular weight excluding hydrogens is 403 g/mol. The molecule has 6 heteroatoms. The Morgan fingerprint density at radius 2 is 1.81 bits per heavy atom. The summed E-state index contributed by atoms with van der Waals surface area (Å²) in [6.07, 6.45) is 1.11. The first-order chi connectivity index (χ1) is 15.5. The van der Waals surface area contributed by atoms with Gasteiger partial charge in [-0.05, 0) is 64.2 Å². The molecule has 1 aliphatic rings. The summed E-state index contributed by atoms with van der Waals surface area (Å²) in [6, 6.07) is 15.2. The predicted molar refractivity (Wildman–Crippen MR) is 127 cm³/mol. The fraction of sp³-hybridized carbons (Fsp3) is 0.423. The predicted octanol–water partition coefficient (Wildman–Crippen LogP) is 4.74. The van der Waals surface area contributed by atoms with Gasteiger partial charge in [0.15, 0.2) is 5.76 Å². The van der Waals surface area contributed by atoms with Crippen LogP contribution in [0.4, 0.5) is 10.1 Å². The SMILES string of the molecule is Cc1ccc(N2CCN(CCCN(C)Cc3cc(-c4ccccc4F)no3)CC2)c(C)c1.